The predicted octanol–water partition coefficient (Wildman–Crippen LogP) is 4.64. The van der Waals surface area contributed by atoms with E-state index < -0.39 is 0 Å². The number of aromatic nitrogens is 3. The van der Waals surface area contributed by atoms with Gasteiger partial charge in [0.15, 0.2) is 0 Å². The number of imide groups is 1. The fourth-order valence-corrected chi connectivity index (χ4v) is 8.07. The summed E-state index contributed by atoms with van der Waals surface area (Å²) in [5.41, 5.74) is 5.49. The third-order valence-electron chi connectivity index (χ3n) is 11.2. The molecule has 2 aromatic heterocycles. The van der Waals surface area contributed by atoms with Crippen LogP contribution in [0.1, 0.15) is 62.0 Å². The molecule has 0 aliphatic carbocycles. The summed E-state index contributed by atoms with van der Waals surface area (Å²) in [6.07, 6.45) is 10.4. The second kappa shape index (κ2) is 15.3. The summed E-state index contributed by atoms with van der Waals surface area (Å²) in [5.74, 6) is 2.41. The van der Waals surface area contributed by atoms with Gasteiger partial charge in [0, 0.05) is 42.8 Å². The largest absolute Gasteiger partial charge is 0.496 e. The Balaban J connectivity index is 0.879. The Morgan fingerprint density at radius 3 is 2.25 bits per heavy atom. The lowest BCUT2D eigenvalue weighted by molar-refractivity contribution is -0.133. The van der Waals surface area contributed by atoms with Crippen molar-refractivity contribution in [3.05, 3.63) is 70.3 Å². The van der Waals surface area contributed by atoms with Gasteiger partial charge < -0.3 is 24.3 Å². The Morgan fingerprint density at radius 2 is 1.59 bits per heavy atom. The van der Waals surface area contributed by atoms with Gasteiger partial charge in [0.05, 0.1) is 26.0 Å². The number of hydrogen-bond donors (Lipinski definition) is 3. The Morgan fingerprint density at radius 1 is 0.902 bits per heavy atom. The smallest absolute Gasteiger partial charge is 0.276 e. The van der Waals surface area contributed by atoms with E-state index in [0.29, 0.717) is 24.3 Å². The molecule has 2 amide bonds. The molecule has 0 saturated carbocycles. The number of pyridine rings is 1. The van der Waals surface area contributed by atoms with Crippen molar-refractivity contribution in [1.29, 1.82) is 0 Å². The number of likely N-dealkylation sites (tertiary alicyclic amines) is 2. The molecule has 1 unspecified atom stereocenters. The molecule has 3 saturated heterocycles. The van der Waals surface area contributed by atoms with Crippen molar-refractivity contribution in [2.24, 2.45) is 13.0 Å². The molecule has 12 heteroatoms. The van der Waals surface area contributed by atoms with Crippen molar-refractivity contribution in [3.63, 3.8) is 0 Å². The van der Waals surface area contributed by atoms with Gasteiger partial charge in [-0.15, -0.1) is 0 Å². The van der Waals surface area contributed by atoms with Crippen LogP contribution in [0.3, 0.4) is 0 Å². The van der Waals surface area contributed by atoms with Crippen LogP contribution >= 0.6 is 0 Å². The molecule has 51 heavy (non-hydrogen) atoms. The molecule has 0 radical (unpaired) electrons. The minimum Gasteiger partial charge on any atom is -0.496 e. The van der Waals surface area contributed by atoms with Gasteiger partial charge in [0.1, 0.15) is 23.1 Å². The number of fused-ring (bicyclic) bond motifs is 1. The highest BCUT2D eigenvalue weighted by Crippen LogP contribution is 2.38. The van der Waals surface area contributed by atoms with E-state index in [1.807, 2.05) is 18.3 Å². The lowest BCUT2D eigenvalue weighted by Gasteiger charge is -2.36. The van der Waals surface area contributed by atoms with E-state index in [-0.39, 0.29) is 23.4 Å². The van der Waals surface area contributed by atoms with E-state index in [2.05, 4.69) is 54.9 Å². The number of anilines is 1. The average Bonchev–Trinajstić information content (AvgIpc) is 3.65. The molecular formula is C39H49N7O5. The van der Waals surface area contributed by atoms with Crippen LogP contribution in [0.2, 0.25) is 0 Å². The second-order valence-electron chi connectivity index (χ2n) is 14.4. The highest BCUT2D eigenvalue weighted by molar-refractivity contribution is 6.01. The van der Waals surface area contributed by atoms with Crippen molar-refractivity contribution < 1.29 is 19.1 Å². The van der Waals surface area contributed by atoms with Crippen molar-refractivity contribution in [1.82, 2.24) is 29.9 Å². The lowest BCUT2D eigenvalue weighted by atomic mass is 9.88. The van der Waals surface area contributed by atoms with Crippen molar-refractivity contribution >= 4 is 28.4 Å². The molecule has 4 aromatic rings. The van der Waals surface area contributed by atoms with Crippen LogP contribution in [0.15, 0.2) is 53.6 Å². The van der Waals surface area contributed by atoms with Gasteiger partial charge in [-0.05, 0) is 118 Å². The Hall–Kier alpha value is -4.68. The van der Waals surface area contributed by atoms with Crippen LogP contribution < -0.4 is 25.7 Å². The number of piperidine rings is 3. The zero-order chi connectivity index (χ0) is 35.5. The second-order valence-corrected chi connectivity index (χ2v) is 14.4. The van der Waals surface area contributed by atoms with Gasteiger partial charge in [-0.25, -0.2) is 0 Å². The van der Waals surface area contributed by atoms with E-state index in [1.165, 1.54) is 24.8 Å². The fraction of sp³-hybridized carbons (Fsp3) is 0.487. The van der Waals surface area contributed by atoms with Crippen LogP contribution in [-0.2, 0) is 23.2 Å². The van der Waals surface area contributed by atoms with Gasteiger partial charge in [0.25, 0.3) is 5.56 Å². The molecule has 3 aliphatic rings. The van der Waals surface area contributed by atoms with Gasteiger partial charge in [0.2, 0.25) is 11.8 Å². The Bertz CT molecular complexity index is 1900. The van der Waals surface area contributed by atoms with Gasteiger partial charge >= 0.3 is 0 Å². The number of carbonyl (C=O) groups is 2. The molecule has 3 N–H and O–H groups in total. The monoisotopic (exact) mass is 695 g/mol. The standard InChI is InChI=1S/C39H49N7O5/c1-44-23-31(30-22-40-43-37(30)39(44)49)28-20-34(50-2)32(35(21-28)51-3)24-46-16-11-25(12-17-46)10-15-45-18-13-27(14-19-45)26-4-6-29(7-5-26)41-33-8-9-36(47)42-38(33)48/h4-7,20-23,25,27,33,41H,8-19,24H2,1-3H3,(H,40,43)(H,42,47,48). The summed E-state index contributed by atoms with van der Waals surface area (Å²) in [6, 6.07) is 12.2. The molecule has 2 aromatic carbocycles. The van der Waals surface area contributed by atoms with Crippen molar-refractivity contribution in [2.45, 2.75) is 63.5 Å². The van der Waals surface area contributed by atoms with Crippen LogP contribution in [0, 0.1) is 5.92 Å². The Kier molecular flexibility index (Phi) is 10.4. The molecule has 5 heterocycles. The maximum absolute atomic E-state index is 12.6. The van der Waals surface area contributed by atoms with Gasteiger partial charge in [-0.1, -0.05) is 12.1 Å². The first kappa shape index (κ1) is 34.8. The maximum atomic E-state index is 12.6. The number of amides is 2. The molecular weight excluding hydrogens is 646 g/mol. The molecule has 7 rings (SSSR count). The summed E-state index contributed by atoms with van der Waals surface area (Å²) in [4.78, 5) is 41.3. The number of carbonyl (C=O) groups excluding carboxylic acids is 2. The number of ether oxygens (including phenoxy) is 2. The van der Waals surface area contributed by atoms with E-state index in [1.54, 1.807) is 32.0 Å². The zero-order valence-corrected chi connectivity index (χ0v) is 29.9. The van der Waals surface area contributed by atoms with E-state index in [4.69, 9.17) is 9.47 Å². The highest BCUT2D eigenvalue weighted by Gasteiger charge is 2.28. The summed E-state index contributed by atoms with van der Waals surface area (Å²) >= 11 is 0. The van der Waals surface area contributed by atoms with Crippen LogP contribution in [0.25, 0.3) is 22.0 Å². The van der Waals surface area contributed by atoms with Crippen LogP contribution in [0.4, 0.5) is 5.69 Å². The van der Waals surface area contributed by atoms with Crippen molar-refractivity contribution in [2.75, 3.05) is 52.3 Å². The summed E-state index contributed by atoms with van der Waals surface area (Å²) in [6.45, 7) is 6.26. The normalized spacial score (nSPS) is 19.7. The SMILES string of the molecule is COc1cc(-c2cn(C)c(=O)c3[nH]ncc23)cc(OC)c1CN1CCC(CCN2CCC(c3ccc(NC4CCC(=O)NC4=O)cc3)CC2)CC1. The quantitative estimate of drug-likeness (QED) is 0.192. The zero-order valence-electron chi connectivity index (χ0n) is 29.9. The number of H-pyrrole nitrogens is 1. The molecule has 0 bridgehead atoms. The molecule has 0 spiro atoms. The number of aryl methyl sites for hydroxylation is 1. The molecule has 3 aliphatic heterocycles. The summed E-state index contributed by atoms with van der Waals surface area (Å²) in [7, 11) is 5.14. The van der Waals surface area contributed by atoms with Crippen molar-refractivity contribution in [3.8, 4) is 22.6 Å². The molecule has 12 nitrogen and oxygen atoms in total. The van der Waals surface area contributed by atoms with Gasteiger partial charge in [-0.3, -0.25) is 29.7 Å². The number of aromatic amines is 1. The first-order valence-corrected chi connectivity index (χ1v) is 18.2. The van der Waals surface area contributed by atoms with Gasteiger partial charge in [-0.2, -0.15) is 5.10 Å². The number of benzene rings is 2. The van der Waals surface area contributed by atoms with Crippen LogP contribution in [-0.4, -0.2) is 89.4 Å². The average molecular weight is 696 g/mol. The Labute approximate surface area is 298 Å². The first-order chi connectivity index (χ1) is 24.8. The number of hydrogen-bond acceptors (Lipinski definition) is 9. The predicted molar refractivity (Wildman–Crippen MR) is 197 cm³/mol. The molecule has 1 atom stereocenters. The maximum Gasteiger partial charge on any atom is 0.276 e. The van der Waals surface area contributed by atoms with E-state index in [9.17, 15) is 14.4 Å². The number of nitrogens with zero attached hydrogens (tertiary/aromatic N) is 4. The third kappa shape index (κ3) is 7.67. The highest BCUT2D eigenvalue weighted by atomic mass is 16.5. The third-order valence-corrected chi connectivity index (χ3v) is 11.2. The minimum absolute atomic E-state index is 0.114. The molecule has 3 fully saturated rings. The lowest BCUT2D eigenvalue weighted by Crippen LogP contribution is -2.47. The van der Waals surface area contributed by atoms with E-state index >= 15 is 0 Å². The van der Waals surface area contributed by atoms with E-state index in [0.717, 1.165) is 97.3 Å². The topological polar surface area (TPSA) is 134 Å². The summed E-state index contributed by atoms with van der Waals surface area (Å²) < 4.78 is 13.4. The molecule has 270 valence electrons. The van der Waals surface area contributed by atoms with Crippen LogP contribution in [0.5, 0.6) is 11.5 Å². The first-order valence-electron chi connectivity index (χ1n) is 18.2. The number of nitrogens with one attached hydrogen (secondary N) is 3. The number of rotatable bonds is 11. The number of methoxy groups -OCH3 is 2. The minimum atomic E-state index is -0.357. The fourth-order valence-electron chi connectivity index (χ4n) is 8.07. The summed E-state index contributed by atoms with van der Waals surface area (Å²) in [5, 5.41) is 13.4.